The van der Waals surface area contributed by atoms with Gasteiger partial charge in [-0.3, -0.25) is 9.52 Å². The second-order valence-corrected chi connectivity index (χ2v) is 9.40. The minimum Gasteiger partial charge on any atom is -0.339 e. The molecule has 1 amide bonds. The minimum absolute atomic E-state index is 0.0164. The van der Waals surface area contributed by atoms with Gasteiger partial charge in [0.25, 0.3) is 15.9 Å². The molecule has 1 aliphatic heterocycles. The lowest BCUT2D eigenvalue weighted by molar-refractivity contribution is 0.0697. The summed E-state index contributed by atoms with van der Waals surface area (Å²) in [5, 5.41) is 1.72. The number of thiophene rings is 1. The molecule has 1 aliphatic rings. The number of hydrogen-bond donors (Lipinski definition) is 1. The quantitative estimate of drug-likeness (QED) is 0.881. The summed E-state index contributed by atoms with van der Waals surface area (Å²) in [7, 11) is -3.58. The highest BCUT2D eigenvalue weighted by Gasteiger charge is 2.22. The first-order valence-electron chi connectivity index (χ1n) is 8.33. The van der Waals surface area contributed by atoms with Crippen LogP contribution in [0.25, 0.3) is 0 Å². The average molecular weight is 379 g/mol. The van der Waals surface area contributed by atoms with Crippen LogP contribution in [0.15, 0.2) is 39.9 Å². The third-order valence-corrected chi connectivity index (χ3v) is 7.31. The normalized spacial score (nSPS) is 16.0. The molecule has 0 radical (unpaired) electrons. The number of piperidine rings is 1. The molecule has 0 aliphatic carbocycles. The molecule has 1 aromatic carbocycles. The van der Waals surface area contributed by atoms with Crippen LogP contribution >= 0.6 is 11.3 Å². The van der Waals surface area contributed by atoms with Crippen molar-refractivity contribution in [2.45, 2.75) is 30.9 Å². The number of sulfonamides is 1. The second-order valence-electron chi connectivity index (χ2n) is 6.54. The zero-order chi connectivity index (χ0) is 18.0. The fourth-order valence-corrected chi connectivity index (χ4v) is 5.04. The van der Waals surface area contributed by atoms with E-state index in [9.17, 15) is 13.2 Å². The molecule has 0 spiro atoms. The largest absolute Gasteiger partial charge is 0.339 e. The van der Waals surface area contributed by atoms with Gasteiger partial charge in [-0.2, -0.15) is 0 Å². The lowest BCUT2D eigenvalue weighted by atomic mass is 9.98. The SMILES string of the molecule is Cc1cc(C(=O)N2CCC(C)CC2)ccc1NS(=O)(=O)c1cccs1. The number of aryl methyl sites for hydroxylation is 1. The fourth-order valence-electron chi connectivity index (χ4n) is 2.92. The summed E-state index contributed by atoms with van der Waals surface area (Å²) in [6.45, 7) is 5.58. The zero-order valence-corrected chi connectivity index (χ0v) is 16.0. The molecule has 5 nitrogen and oxygen atoms in total. The van der Waals surface area contributed by atoms with E-state index in [2.05, 4.69) is 11.6 Å². The highest BCUT2D eigenvalue weighted by molar-refractivity contribution is 7.94. The molecule has 1 saturated heterocycles. The first-order chi connectivity index (χ1) is 11.9. The van der Waals surface area contributed by atoms with Crippen LogP contribution in [0.2, 0.25) is 0 Å². The van der Waals surface area contributed by atoms with Crippen LogP contribution in [0.3, 0.4) is 0 Å². The van der Waals surface area contributed by atoms with Crippen molar-refractivity contribution in [2.24, 2.45) is 5.92 Å². The third kappa shape index (κ3) is 4.04. The van der Waals surface area contributed by atoms with Crippen molar-refractivity contribution < 1.29 is 13.2 Å². The molecule has 0 unspecified atom stereocenters. The van der Waals surface area contributed by atoms with Crippen molar-refractivity contribution >= 4 is 33.0 Å². The Labute approximate surface area is 152 Å². The van der Waals surface area contributed by atoms with Crippen LogP contribution in [0.5, 0.6) is 0 Å². The molecule has 1 fully saturated rings. The van der Waals surface area contributed by atoms with Crippen molar-refractivity contribution in [3.05, 3.63) is 46.8 Å². The number of rotatable bonds is 4. The van der Waals surface area contributed by atoms with E-state index >= 15 is 0 Å². The van der Waals surface area contributed by atoms with E-state index in [1.54, 1.807) is 42.6 Å². The molecule has 7 heteroatoms. The van der Waals surface area contributed by atoms with Crippen LogP contribution in [0.4, 0.5) is 5.69 Å². The second kappa shape index (κ2) is 7.17. The zero-order valence-electron chi connectivity index (χ0n) is 14.4. The smallest absolute Gasteiger partial charge is 0.271 e. The van der Waals surface area contributed by atoms with Crippen LogP contribution < -0.4 is 4.72 Å². The van der Waals surface area contributed by atoms with E-state index in [-0.39, 0.29) is 10.1 Å². The lowest BCUT2D eigenvalue weighted by Crippen LogP contribution is -2.37. The summed E-state index contributed by atoms with van der Waals surface area (Å²) in [6, 6.07) is 8.39. The van der Waals surface area contributed by atoms with Gasteiger partial charge in [-0.15, -0.1) is 11.3 Å². The Bertz CT molecular complexity index is 852. The molecule has 25 heavy (non-hydrogen) atoms. The number of anilines is 1. The van der Waals surface area contributed by atoms with Gasteiger partial charge < -0.3 is 4.90 Å². The van der Waals surface area contributed by atoms with Gasteiger partial charge in [0.15, 0.2) is 0 Å². The predicted octanol–water partition coefficient (Wildman–Crippen LogP) is 3.73. The maximum Gasteiger partial charge on any atom is 0.271 e. The van der Waals surface area contributed by atoms with Gasteiger partial charge in [0, 0.05) is 18.7 Å². The number of carbonyl (C=O) groups excluding carboxylic acids is 1. The number of nitrogens with zero attached hydrogens (tertiary/aromatic N) is 1. The molecule has 3 rings (SSSR count). The van der Waals surface area contributed by atoms with E-state index in [4.69, 9.17) is 0 Å². The van der Waals surface area contributed by atoms with Crippen molar-refractivity contribution in [2.75, 3.05) is 17.8 Å². The van der Waals surface area contributed by atoms with Gasteiger partial charge in [-0.1, -0.05) is 13.0 Å². The van der Waals surface area contributed by atoms with E-state index in [0.717, 1.165) is 31.5 Å². The monoisotopic (exact) mass is 378 g/mol. The summed E-state index contributed by atoms with van der Waals surface area (Å²) in [5.41, 5.74) is 1.83. The lowest BCUT2D eigenvalue weighted by Gasteiger charge is -2.30. The Kier molecular flexibility index (Phi) is 5.15. The standard InChI is InChI=1S/C18H22N2O3S2/c1-13-7-9-20(10-8-13)18(21)15-5-6-16(14(2)12-15)19-25(22,23)17-4-3-11-24-17/h3-6,11-13,19H,7-10H2,1-2H3. The molecule has 2 heterocycles. The highest BCUT2D eigenvalue weighted by Crippen LogP contribution is 2.24. The summed E-state index contributed by atoms with van der Waals surface area (Å²) in [5.74, 6) is 0.683. The Balaban J connectivity index is 1.76. The number of benzene rings is 1. The maximum atomic E-state index is 12.6. The van der Waals surface area contributed by atoms with Crippen molar-refractivity contribution in [3.8, 4) is 0 Å². The number of amides is 1. The first kappa shape index (κ1) is 17.9. The number of carbonyl (C=O) groups is 1. The molecule has 2 aromatic rings. The highest BCUT2D eigenvalue weighted by atomic mass is 32.2. The van der Waals surface area contributed by atoms with Gasteiger partial charge in [-0.05, 0) is 60.9 Å². The molecule has 1 aromatic heterocycles. The Hall–Kier alpha value is -1.86. The van der Waals surface area contributed by atoms with Crippen LogP contribution in [-0.2, 0) is 10.0 Å². The van der Waals surface area contributed by atoms with Crippen molar-refractivity contribution in [3.63, 3.8) is 0 Å². The number of likely N-dealkylation sites (tertiary alicyclic amines) is 1. The van der Waals surface area contributed by atoms with E-state index < -0.39 is 10.0 Å². The van der Waals surface area contributed by atoms with Gasteiger partial charge in [0.2, 0.25) is 0 Å². The van der Waals surface area contributed by atoms with Crippen molar-refractivity contribution in [1.82, 2.24) is 4.90 Å². The fraction of sp³-hybridized carbons (Fsp3) is 0.389. The molecular weight excluding hydrogens is 356 g/mol. The van der Waals surface area contributed by atoms with Crippen LogP contribution in [-0.4, -0.2) is 32.3 Å². The maximum absolute atomic E-state index is 12.6. The number of nitrogens with one attached hydrogen (secondary N) is 1. The Morgan fingerprint density at radius 2 is 1.96 bits per heavy atom. The number of hydrogen-bond acceptors (Lipinski definition) is 4. The molecule has 134 valence electrons. The van der Waals surface area contributed by atoms with Gasteiger partial charge in [-0.25, -0.2) is 8.42 Å². The summed E-state index contributed by atoms with van der Waals surface area (Å²) in [4.78, 5) is 14.5. The van der Waals surface area contributed by atoms with Crippen molar-refractivity contribution in [1.29, 1.82) is 0 Å². The minimum atomic E-state index is -3.58. The van der Waals surface area contributed by atoms with Gasteiger partial charge in [0.05, 0.1) is 5.69 Å². The average Bonchev–Trinajstić information content (AvgIpc) is 3.12. The van der Waals surface area contributed by atoms with Crippen LogP contribution in [0, 0.1) is 12.8 Å². The summed E-state index contributed by atoms with van der Waals surface area (Å²) < 4.78 is 27.5. The van der Waals surface area contributed by atoms with E-state index in [1.807, 2.05) is 4.90 Å². The first-order valence-corrected chi connectivity index (χ1v) is 10.7. The summed E-state index contributed by atoms with van der Waals surface area (Å²) in [6.07, 6.45) is 2.06. The molecule has 1 N–H and O–H groups in total. The van der Waals surface area contributed by atoms with E-state index in [1.165, 1.54) is 11.3 Å². The molecule has 0 bridgehead atoms. The Morgan fingerprint density at radius 3 is 2.56 bits per heavy atom. The molecular formula is C18H22N2O3S2. The topological polar surface area (TPSA) is 66.5 Å². The third-order valence-electron chi connectivity index (χ3n) is 4.55. The molecule has 0 atom stereocenters. The Morgan fingerprint density at radius 1 is 1.24 bits per heavy atom. The van der Waals surface area contributed by atoms with Crippen LogP contribution in [0.1, 0.15) is 35.7 Å². The van der Waals surface area contributed by atoms with Gasteiger partial charge >= 0.3 is 0 Å². The molecule has 0 saturated carbocycles. The van der Waals surface area contributed by atoms with E-state index in [0.29, 0.717) is 17.2 Å². The predicted molar refractivity (Wildman–Crippen MR) is 101 cm³/mol. The summed E-state index contributed by atoms with van der Waals surface area (Å²) >= 11 is 1.17. The van der Waals surface area contributed by atoms with Gasteiger partial charge in [0.1, 0.15) is 4.21 Å².